The molecule has 0 spiro atoms. The number of rotatable bonds is 2. The fourth-order valence-corrected chi connectivity index (χ4v) is 1.32. The summed E-state index contributed by atoms with van der Waals surface area (Å²) in [5.74, 6) is 0. The normalized spacial score (nSPS) is 13.5. The van der Waals surface area contributed by atoms with Crippen LogP contribution in [0, 0.1) is 6.92 Å². The number of anilines is 1. The SMILES string of the molecule is CC1=C=C=C(Nc2ccc(C)cc2)C=C1. The van der Waals surface area contributed by atoms with E-state index in [4.69, 9.17) is 0 Å². The molecule has 1 N–H and O–H groups in total. The highest BCUT2D eigenvalue weighted by atomic mass is 14.9. The number of nitrogens with one attached hydrogen (secondary N) is 1. The smallest absolute Gasteiger partial charge is 0.0901 e. The van der Waals surface area contributed by atoms with E-state index in [2.05, 4.69) is 48.0 Å². The van der Waals surface area contributed by atoms with Gasteiger partial charge in [-0.1, -0.05) is 23.4 Å². The average Bonchev–Trinajstić information content (AvgIpc) is 2.25. The molecule has 0 heterocycles. The van der Waals surface area contributed by atoms with Crippen molar-refractivity contribution in [2.45, 2.75) is 13.8 Å². The highest BCUT2D eigenvalue weighted by Crippen LogP contribution is 2.13. The van der Waals surface area contributed by atoms with Crippen LogP contribution in [0.5, 0.6) is 0 Å². The standard InChI is InChI=1S/C14H13N/c1-11-3-7-13(8-4-11)15-14-9-5-12(2)6-10-14/h3-5,7-9,15H,1-2H3. The first-order valence-corrected chi connectivity index (χ1v) is 4.98. The first kappa shape index (κ1) is 9.61. The van der Waals surface area contributed by atoms with Gasteiger partial charge >= 0.3 is 0 Å². The molecule has 1 aliphatic carbocycles. The second-order valence-corrected chi connectivity index (χ2v) is 3.67. The van der Waals surface area contributed by atoms with Crippen molar-refractivity contribution >= 4 is 5.69 Å². The van der Waals surface area contributed by atoms with Crippen LogP contribution in [0.2, 0.25) is 0 Å². The lowest BCUT2D eigenvalue weighted by Crippen LogP contribution is -1.96. The lowest BCUT2D eigenvalue weighted by atomic mass is 10.2. The molecule has 1 nitrogen and oxygen atoms in total. The van der Waals surface area contributed by atoms with Crippen molar-refractivity contribution in [3.63, 3.8) is 0 Å². The van der Waals surface area contributed by atoms with Gasteiger partial charge in [-0.25, -0.2) is 0 Å². The van der Waals surface area contributed by atoms with E-state index in [0.29, 0.717) is 0 Å². The van der Waals surface area contributed by atoms with Crippen LogP contribution >= 0.6 is 0 Å². The van der Waals surface area contributed by atoms with Gasteiger partial charge in [-0.3, -0.25) is 0 Å². The maximum atomic E-state index is 3.27. The fraction of sp³-hybridized carbons (Fsp3) is 0.143. The minimum absolute atomic E-state index is 0.949. The Bertz CT molecular complexity index is 491. The summed E-state index contributed by atoms with van der Waals surface area (Å²) in [5, 5.41) is 3.27. The molecule has 0 aromatic heterocycles. The van der Waals surface area contributed by atoms with E-state index in [0.717, 1.165) is 17.0 Å². The summed E-state index contributed by atoms with van der Waals surface area (Å²) in [6, 6.07) is 8.28. The number of hydrogen-bond acceptors (Lipinski definition) is 1. The van der Waals surface area contributed by atoms with Gasteiger partial charge in [0.2, 0.25) is 0 Å². The summed E-state index contributed by atoms with van der Waals surface area (Å²) in [6.45, 7) is 4.09. The van der Waals surface area contributed by atoms with E-state index >= 15 is 0 Å². The number of allylic oxidation sites excluding steroid dienone is 3. The van der Waals surface area contributed by atoms with Gasteiger partial charge in [-0.15, -0.1) is 0 Å². The summed E-state index contributed by atoms with van der Waals surface area (Å²) in [7, 11) is 0. The maximum absolute atomic E-state index is 3.27. The molecule has 0 aliphatic heterocycles. The molecular formula is C14H13N. The largest absolute Gasteiger partial charge is 0.349 e. The van der Waals surface area contributed by atoms with Crippen molar-refractivity contribution < 1.29 is 0 Å². The average molecular weight is 195 g/mol. The van der Waals surface area contributed by atoms with Crippen LogP contribution in [0.1, 0.15) is 12.5 Å². The minimum atomic E-state index is 0.949. The highest BCUT2D eigenvalue weighted by Gasteiger charge is 1.95. The number of aryl methyl sites for hydroxylation is 1. The Morgan fingerprint density at radius 3 is 2.27 bits per heavy atom. The van der Waals surface area contributed by atoms with Crippen LogP contribution in [0.3, 0.4) is 0 Å². The highest BCUT2D eigenvalue weighted by molar-refractivity contribution is 5.52. The van der Waals surface area contributed by atoms with E-state index < -0.39 is 0 Å². The first-order valence-electron chi connectivity index (χ1n) is 4.98. The molecule has 0 saturated carbocycles. The number of benzene rings is 1. The molecule has 1 heteroatoms. The molecule has 74 valence electrons. The third-order valence-electron chi connectivity index (χ3n) is 2.22. The number of hydrogen-bond donors (Lipinski definition) is 1. The summed E-state index contributed by atoms with van der Waals surface area (Å²) in [6.07, 6.45) is 4.03. The molecular weight excluding hydrogens is 182 g/mol. The monoisotopic (exact) mass is 195 g/mol. The van der Waals surface area contributed by atoms with Crippen LogP contribution in [0.25, 0.3) is 0 Å². The molecule has 0 bridgehead atoms. The quantitative estimate of drug-likeness (QED) is 0.711. The molecule has 0 unspecified atom stereocenters. The Morgan fingerprint density at radius 1 is 0.933 bits per heavy atom. The van der Waals surface area contributed by atoms with E-state index in [-0.39, 0.29) is 0 Å². The van der Waals surface area contributed by atoms with Gasteiger partial charge < -0.3 is 5.32 Å². The Hall–Kier alpha value is -1.94. The van der Waals surface area contributed by atoms with Gasteiger partial charge in [-0.2, -0.15) is 0 Å². The topological polar surface area (TPSA) is 12.0 Å². The van der Waals surface area contributed by atoms with Crippen molar-refractivity contribution in [1.82, 2.24) is 0 Å². The Labute approximate surface area is 90.1 Å². The molecule has 0 atom stereocenters. The third-order valence-corrected chi connectivity index (χ3v) is 2.22. The van der Waals surface area contributed by atoms with Crippen molar-refractivity contribution in [2.24, 2.45) is 0 Å². The maximum Gasteiger partial charge on any atom is 0.0901 e. The van der Waals surface area contributed by atoms with Gasteiger partial charge in [0.15, 0.2) is 0 Å². The van der Waals surface area contributed by atoms with Gasteiger partial charge in [0.05, 0.1) is 5.70 Å². The summed E-state index contributed by atoms with van der Waals surface area (Å²) in [5.41, 5.74) is 10.5. The zero-order valence-corrected chi connectivity index (χ0v) is 8.96. The second kappa shape index (κ2) is 4.06. The first-order chi connectivity index (χ1) is 7.24. The molecule has 2 rings (SSSR count). The van der Waals surface area contributed by atoms with Gasteiger partial charge in [0.1, 0.15) is 0 Å². The molecule has 15 heavy (non-hydrogen) atoms. The van der Waals surface area contributed by atoms with Crippen LogP contribution in [0.15, 0.2) is 59.2 Å². The predicted octanol–water partition coefficient (Wildman–Crippen LogP) is 3.56. The minimum Gasteiger partial charge on any atom is -0.349 e. The molecule has 1 aliphatic rings. The van der Waals surface area contributed by atoms with Crippen molar-refractivity contribution in [3.8, 4) is 0 Å². The molecule has 0 saturated heterocycles. The summed E-state index contributed by atoms with van der Waals surface area (Å²) in [4.78, 5) is 0. The second-order valence-electron chi connectivity index (χ2n) is 3.67. The van der Waals surface area contributed by atoms with Crippen molar-refractivity contribution in [3.05, 3.63) is 64.7 Å². The molecule has 0 radical (unpaired) electrons. The molecule has 1 aromatic rings. The summed E-state index contributed by atoms with van der Waals surface area (Å²) >= 11 is 0. The predicted molar refractivity (Wildman–Crippen MR) is 63.7 cm³/mol. The zero-order valence-electron chi connectivity index (χ0n) is 8.96. The van der Waals surface area contributed by atoms with Crippen LogP contribution in [0.4, 0.5) is 5.69 Å². The Balaban J connectivity index is 2.21. The zero-order chi connectivity index (χ0) is 10.7. The van der Waals surface area contributed by atoms with Crippen LogP contribution in [-0.4, -0.2) is 0 Å². The van der Waals surface area contributed by atoms with Crippen LogP contribution in [-0.2, 0) is 0 Å². The molecule has 1 aromatic carbocycles. The van der Waals surface area contributed by atoms with E-state index in [1.165, 1.54) is 5.56 Å². The third kappa shape index (κ3) is 2.51. The van der Waals surface area contributed by atoms with Crippen molar-refractivity contribution in [2.75, 3.05) is 5.32 Å². The summed E-state index contributed by atoms with van der Waals surface area (Å²) < 4.78 is 0. The van der Waals surface area contributed by atoms with E-state index in [1.807, 2.05) is 19.1 Å². The molecule has 0 amide bonds. The lowest BCUT2D eigenvalue weighted by Gasteiger charge is -2.06. The van der Waals surface area contributed by atoms with Gasteiger partial charge in [0.25, 0.3) is 0 Å². The van der Waals surface area contributed by atoms with Crippen LogP contribution < -0.4 is 5.32 Å². The van der Waals surface area contributed by atoms with Gasteiger partial charge in [0, 0.05) is 5.69 Å². The lowest BCUT2D eigenvalue weighted by molar-refractivity contribution is 1.41. The van der Waals surface area contributed by atoms with E-state index in [1.54, 1.807) is 0 Å². The fourth-order valence-electron chi connectivity index (χ4n) is 1.32. The Kier molecular flexibility index (Phi) is 2.60. The van der Waals surface area contributed by atoms with Crippen molar-refractivity contribution in [1.29, 1.82) is 0 Å². The van der Waals surface area contributed by atoms with E-state index in [9.17, 15) is 0 Å². The molecule has 0 fully saturated rings. The van der Waals surface area contributed by atoms with Gasteiger partial charge in [-0.05, 0) is 49.4 Å². The Morgan fingerprint density at radius 2 is 1.67 bits per heavy atom.